The Morgan fingerprint density at radius 3 is 1.50 bits per heavy atom. The zero-order valence-electron chi connectivity index (χ0n) is 7.32. The van der Waals surface area contributed by atoms with Gasteiger partial charge in [0.1, 0.15) is 0 Å². The van der Waals surface area contributed by atoms with Gasteiger partial charge in [0, 0.05) is 11.1 Å². The van der Waals surface area contributed by atoms with E-state index in [2.05, 4.69) is 5.32 Å². The Hall–Kier alpha value is -0.120. The molecule has 1 heterocycles. The van der Waals surface area contributed by atoms with Crippen molar-refractivity contribution >= 4 is 11.8 Å². The van der Waals surface area contributed by atoms with Crippen molar-refractivity contribution in [1.29, 1.82) is 0 Å². The van der Waals surface area contributed by atoms with Crippen LogP contribution in [-0.2, 0) is 9.59 Å². The second kappa shape index (κ2) is 3.32. The predicted molar refractivity (Wildman–Crippen MR) is 32.6 cm³/mol. The molecule has 0 aromatic carbocycles. The minimum absolute atomic E-state index is 0. The van der Waals surface area contributed by atoms with Crippen LogP contribution in [0, 0.1) is 0 Å². The molecule has 0 radical (unpaired) electrons. The summed E-state index contributed by atoms with van der Waals surface area (Å²) in [4.78, 5) is 21.2. The average molecular weight is 149 g/mol. The second-order valence-corrected chi connectivity index (χ2v) is 2.03. The summed E-state index contributed by atoms with van der Waals surface area (Å²) in [5, 5.41) is 2.16. The number of nitrogens with one attached hydrogen (secondary N) is 1. The molecule has 10 heavy (non-hydrogen) atoms. The van der Waals surface area contributed by atoms with Crippen molar-refractivity contribution in [2.45, 2.75) is 13.8 Å². The summed E-state index contributed by atoms with van der Waals surface area (Å²) < 4.78 is 0. The minimum atomic E-state index is -0.266. The number of imide groups is 1. The average Bonchev–Trinajstić information content (AvgIpc) is 1.98. The van der Waals surface area contributed by atoms with E-state index in [1.54, 1.807) is 13.8 Å². The quantitative estimate of drug-likeness (QED) is 0.296. The molecule has 1 aliphatic rings. The van der Waals surface area contributed by atoms with Crippen LogP contribution in [0.4, 0.5) is 0 Å². The Balaban J connectivity index is 0. The summed E-state index contributed by atoms with van der Waals surface area (Å²) >= 11 is 0. The summed E-state index contributed by atoms with van der Waals surface area (Å²) in [5.41, 5.74) is 1.06. The van der Waals surface area contributed by atoms with E-state index in [1.165, 1.54) is 0 Å². The summed E-state index contributed by atoms with van der Waals surface area (Å²) in [7, 11) is 0. The first-order valence-electron chi connectivity index (χ1n) is 2.66. The van der Waals surface area contributed by atoms with Crippen LogP contribution in [0.15, 0.2) is 11.1 Å². The van der Waals surface area contributed by atoms with Gasteiger partial charge in [-0.1, -0.05) is 0 Å². The predicted octanol–water partition coefficient (Wildman–Crippen LogP) is -2.90. The SMILES string of the molecule is CC1=C(C)C(=O)NC1=O.[H-].[Na+]. The van der Waals surface area contributed by atoms with E-state index < -0.39 is 0 Å². The van der Waals surface area contributed by atoms with E-state index in [4.69, 9.17) is 0 Å². The van der Waals surface area contributed by atoms with Crippen molar-refractivity contribution in [2.24, 2.45) is 0 Å². The summed E-state index contributed by atoms with van der Waals surface area (Å²) in [5.74, 6) is -0.532. The molecule has 0 aromatic rings. The van der Waals surface area contributed by atoms with Crippen LogP contribution in [-0.4, -0.2) is 11.8 Å². The number of hydrogen-bond donors (Lipinski definition) is 1. The standard InChI is InChI=1S/C6H7NO2.Na.H/c1-3-4(2)6(9)7-5(3)8;;/h1-2H3,(H,7,8,9);;/q;+1;-1. The van der Waals surface area contributed by atoms with Crippen LogP contribution in [0.25, 0.3) is 0 Å². The van der Waals surface area contributed by atoms with E-state index in [0.29, 0.717) is 11.1 Å². The Kier molecular flexibility index (Phi) is 3.28. The fraction of sp³-hybridized carbons (Fsp3) is 0.333. The molecule has 0 unspecified atom stereocenters. The van der Waals surface area contributed by atoms with Crippen molar-refractivity contribution in [3.05, 3.63) is 11.1 Å². The van der Waals surface area contributed by atoms with Crippen molar-refractivity contribution < 1.29 is 40.6 Å². The Morgan fingerprint density at radius 2 is 1.40 bits per heavy atom. The largest absolute Gasteiger partial charge is 1.00 e. The number of carbonyl (C=O) groups excluding carboxylic acids is 2. The van der Waals surface area contributed by atoms with Gasteiger partial charge >= 0.3 is 29.6 Å². The first-order chi connectivity index (χ1) is 4.13. The normalized spacial score (nSPS) is 17.0. The van der Waals surface area contributed by atoms with E-state index in [0.717, 1.165) is 0 Å². The van der Waals surface area contributed by atoms with Crippen LogP contribution >= 0.6 is 0 Å². The molecule has 1 N–H and O–H groups in total. The molecule has 1 aliphatic heterocycles. The Morgan fingerprint density at radius 1 is 1.10 bits per heavy atom. The number of amides is 2. The molecule has 0 aliphatic carbocycles. The maximum atomic E-state index is 10.6. The molecule has 1 rings (SSSR count). The zero-order chi connectivity index (χ0) is 7.02. The molecule has 3 nitrogen and oxygen atoms in total. The third-order valence-corrected chi connectivity index (χ3v) is 1.47. The molecule has 2 amide bonds. The Labute approximate surface area is 82.6 Å². The van der Waals surface area contributed by atoms with Gasteiger partial charge in [0.15, 0.2) is 0 Å². The third kappa shape index (κ3) is 1.48. The first kappa shape index (κ1) is 9.88. The van der Waals surface area contributed by atoms with Gasteiger partial charge in [-0.3, -0.25) is 14.9 Å². The van der Waals surface area contributed by atoms with Gasteiger partial charge in [0.05, 0.1) is 0 Å². The van der Waals surface area contributed by atoms with Crippen LogP contribution < -0.4 is 34.9 Å². The van der Waals surface area contributed by atoms with Gasteiger partial charge in [-0.15, -0.1) is 0 Å². The second-order valence-electron chi connectivity index (χ2n) is 2.03. The molecule has 0 saturated heterocycles. The molecule has 0 fully saturated rings. The summed E-state index contributed by atoms with van der Waals surface area (Å²) in [6.45, 7) is 3.27. The van der Waals surface area contributed by atoms with Gasteiger partial charge in [-0.2, -0.15) is 0 Å². The van der Waals surface area contributed by atoms with Gasteiger partial charge in [0.25, 0.3) is 11.8 Å². The van der Waals surface area contributed by atoms with Crippen LogP contribution in [0.2, 0.25) is 0 Å². The number of carbonyl (C=O) groups is 2. The van der Waals surface area contributed by atoms with Crippen LogP contribution in [0.3, 0.4) is 0 Å². The fourth-order valence-electron chi connectivity index (χ4n) is 0.631. The first-order valence-corrected chi connectivity index (χ1v) is 2.66. The monoisotopic (exact) mass is 149 g/mol. The van der Waals surface area contributed by atoms with Crippen molar-refractivity contribution in [3.63, 3.8) is 0 Å². The van der Waals surface area contributed by atoms with Gasteiger partial charge in [0.2, 0.25) is 0 Å². The van der Waals surface area contributed by atoms with E-state index in [9.17, 15) is 9.59 Å². The molecular formula is C6H8NNaO2. The van der Waals surface area contributed by atoms with Crippen LogP contribution in [0.1, 0.15) is 15.3 Å². The minimum Gasteiger partial charge on any atom is -1.00 e. The summed E-state index contributed by atoms with van der Waals surface area (Å²) in [6.07, 6.45) is 0. The Bertz CT molecular complexity index is 203. The molecule has 4 heteroatoms. The van der Waals surface area contributed by atoms with Gasteiger partial charge in [-0.25, -0.2) is 0 Å². The van der Waals surface area contributed by atoms with Crippen LogP contribution in [0.5, 0.6) is 0 Å². The van der Waals surface area contributed by atoms with E-state index in [1.807, 2.05) is 0 Å². The smallest absolute Gasteiger partial charge is 1.00 e. The van der Waals surface area contributed by atoms with Gasteiger partial charge < -0.3 is 1.43 Å². The van der Waals surface area contributed by atoms with Crippen molar-refractivity contribution in [2.75, 3.05) is 0 Å². The number of rotatable bonds is 0. The molecule has 0 spiro atoms. The molecule has 0 saturated carbocycles. The molecule has 0 bridgehead atoms. The third-order valence-electron chi connectivity index (χ3n) is 1.47. The number of hydrogen-bond acceptors (Lipinski definition) is 2. The van der Waals surface area contributed by atoms with Crippen molar-refractivity contribution in [1.82, 2.24) is 5.32 Å². The van der Waals surface area contributed by atoms with Gasteiger partial charge in [-0.05, 0) is 13.8 Å². The molecular weight excluding hydrogens is 141 g/mol. The fourth-order valence-corrected chi connectivity index (χ4v) is 0.631. The van der Waals surface area contributed by atoms with Crippen molar-refractivity contribution in [3.8, 4) is 0 Å². The maximum Gasteiger partial charge on any atom is 1.00 e. The molecule has 0 atom stereocenters. The molecule has 50 valence electrons. The molecule has 0 aromatic heterocycles. The topological polar surface area (TPSA) is 46.2 Å². The maximum absolute atomic E-state index is 10.6. The van der Waals surface area contributed by atoms with E-state index >= 15 is 0 Å². The zero-order valence-corrected chi connectivity index (χ0v) is 8.32. The van der Waals surface area contributed by atoms with E-state index in [-0.39, 0.29) is 42.8 Å². The summed E-state index contributed by atoms with van der Waals surface area (Å²) in [6, 6.07) is 0.